The maximum Gasteiger partial charge on any atom is 0.329 e. The van der Waals surface area contributed by atoms with Gasteiger partial charge in [-0.3, -0.25) is 14.4 Å². The minimum atomic E-state index is -0.775. The summed E-state index contributed by atoms with van der Waals surface area (Å²) < 4.78 is 0. The van der Waals surface area contributed by atoms with Gasteiger partial charge in [-0.2, -0.15) is 5.10 Å². The van der Waals surface area contributed by atoms with Crippen molar-refractivity contribution in [3.8, 4) is 0 Å². The third kappa shape index (κ3) is 6.19. The van der Waals surface area contributed by atoms with Gasteiger partial charge in [0.25, 0.3) is 0 Å². The van der Waals surface area contributed by atoms with Crippen molar-refractivity contribution in [3.63, 3.8) is 0 Å². The van der Waals surface area contributed by atoms with Gasteiger partial charge in [0.1, 0.15) is 0 Å². The highest BCUT2D eigenvalue weighted by atomic mass is 35.5. The van der Waals surface area contributed by atoms with E-state index in [0.717, 1.165) is 18.4 Å². The molecule has 0 saturated carbocycles. The van der Waals surface area contributed by atoms with Crippen LogP contribution in [0.1, 0.15) is 31.7 Å². The lowest BCUT2D eigenvalue weighted by Crippen LogP contribution is -2.40. The number of hydrogen-bond acceptors (Lipinski definition) is 4. The minimum absolute atomic E-state index is 0.0335. The van der Waals surface area contributed by atoms with Gasteiger partial charge >= 0.3 is 11.8 Å². The summed E-state index contributed by atoms with van der Waals surface area (Å²) in [4.78, 5) is 36.9. The Hall–Kier alpha value is -2.41. The van der Waals surface area contributed by atoms with Crippen molar-refractivity contribution in [1.29, 1.82) is 0 Å². The lowest BCUT2D eigenvalue weighted by molar-refractivity contribution is -0.145. The van der Waals surface area contributed by atoms with Crippen LogP contribution in [-0.4, -0.2) is 41.4 Å². The molecule has 0 atom stereocenters. The molecule has 1 fully saturated rings. The molecule has 0 bridgehead atoms. The molecule has 1 aliphatic rings. The normalized spacial score (nSPS) is 14.3. The molecule has 1 aromatic rings. The molecule has 1 aromatic carbocycles. The Morgan fingerprint density at radius 3 is 2.44 bits per heavy atom. The smallest absolute Gasteiger partial charge is 0.329 e. The fourth-order valence-corrected chi connectivity index (χ4v) is 2.52. The average Bonchev–Trinajstić information content (AvgIpc) is 3.13. The lowest BCUT2D eigenvalue weighted by Gasteiger charge is -2.13. The van der Waals surface area contributed by atoms with Gasteiger partial charge in [0.2, 0.25) is 5.91 Å². The van der Waals surface area contributed by atoms with Crippen LogP contribution in [0.25, 0.3) is 0 Å². The second-order valence-electron chi connectivity index (χ2n) is 5.87. The molecule has 0 unspecified atom stereocenters. The summed E-state index contributed by atoms with van der Waals surface area (Å²) >= 11 is 5.80. The van der Waals surface area contributed by atoms with E-state index in [4.69, 9.17) is 11.6 Å². The number of hydrazone groups is 1. The molecular weight excluding hydrogens is 344 g/mol. The summed E-state index contributed by atoms with van der Waals surface area (Å²) in [6, 6.07) is 7.16. The molecule has 1 heterocycles. The number of carbonyl (C=O) groups excluding carboxylic acids is 3. The van der Waals surface area contributed by atoms with E-state index in [0.29, 0.717) is 30.4 Å². The summed E-state index contributed by atoms with van der Waals surface area (Å²) in [6.45, 7) is 3.19. The van der Waals surface area contributed by atoms with Gasteiger partial charge in [-0.05, 0) is 37.5 Å². The zero-order valence-corrected chi connectivity index (χ0v) is 14.8. The fraction of sp³-hybridized carbons (Fsp3) is 0.412. The quantitative estimate of drug-likeness (QED) is 0.471. The highest BCUT2D eigenvalue weighted by molar-refractivity contribution is 6.35. The molecule has 0 spiro atoms. The zero-order valence-electron chi connectivity index (χ0n) is 14.0. The molecule has 8 heteroatoms. The molecule has 0 aliphatic carbocycles. The number of halogens is 1. The van der Waals surface area contributed by atoms with Crippen molar-refractivity contribution < 1.29 is 14.4 Å². The Kier molecular flexibility index (Phi) is 6.94. The molecular formula is C17H21ClN4O3. The minimum Gasteiger partial charge on any atom is -0.352 e. The molecule has 1 aliphatic heterocycles. The predicted molar refractivity (Wildman–Crippen MR) is 95.0 cm³/mol. The van der Waals surface area contributed by atoms with E-state index in [9.17, 15) is 14.4 Å². The van der Waals surface area contributed by atoms with Crippen LogP contribution in [0.2, 0.25) is 5.02 Å². The number of carbonyl (C=O) groups is 3. The standard InChI is InChI=1S/C17H21ClN4O3/c1-12(20-21-16(24)17(25)22-8-2-3-9-22)10-15(23)19-11-13-4-6-14(18)7-5-13/h4-7H,2-3,8-11H2,1H3,(H,19,23)(H,21,24)/b20-12+. The molecule has 7 nitrogen and oxygen atoms in total. The first kappa shape index (κ1) is 18.9. The number of rotatable bonds is 5. The number of benzene rings is 1. The predicted octanol–water partition coefficient (Wildman–Crippen LogP) is 1.46. The van der Waals surface area contributed by atoms with Gasteiger partial charge in [0.05, 0.1) is 6.42 Å². The third-order valence-corrected chi connectivity index (χ3v) is 4.01. The zero-order chi connectivity index (χ0) is 18.2. The van der Waals surface area contributed by atoms with Gasteiger partial charge in [-0.25, -0.2) is 5.43 Å². The molecule has 0 radical (unpaired) electrons. The molecule has 2 rings (SSSR count). The van der Waals surface area contributed by atoms with Crippen LogP contribution in [0.5, 0.6) is 0 Å². The maximum atomic E-state index is 11.9. The number of hydrogen-bond donors (Lipinski definition) is 2. The lowest BCUT2D eigenvalue weighted by atomic mass is 10.2. The molecule has 134 valence electrons. The molecule has 2 N–H and O–H groups in total. The first-order chi connectivity index (χ1) is 12.0. The van der Waals surface area contributed by atoms with E-state index >= 15 is 0 Å². The first-order valence-electron chi connectivity index (χ1n) is 8.09. The van der Waals surface area contributed by atoms with Gasteiger partial charge in [0, 0.05) is 30.4 Å². The van der Waals surface area contributed by atoms with Crippen LogP contribution in [0.15, 0.2) is 29.4 Å². The topological polar surface area (TPSA) is 90.9 Å². The van der Waals surface area contributed by atoms with Gasteiger partial charge in [-0.15, -0.1) is 0 Å². The van der Waals surface area contributed by atoms with Gasteiger partial charge in [-0.1, -0.05) is 23.7 Å². The van der Waals surface area contributed by atoms with Crippen LogP contribution in [0.4, 0.5) is 0 Å². The van der Waals surface area contributed by atoms with E-state index in [-0.39, 0.29) is 12.3 Å². The number of likely N-dealkylation sites (tertiary alicyclic amines) is 1. The van der Waals surface area contributed by atoms with Crippen molar-refractivity contribution in [3.05, 3.63) is 34.9 Å². The summed E-state index contributed by atoms with van der Waals surface area (Å²) in [7, 11) is 0. The van der Waals surface area contributed by atoms with Crippen LogP contribution in [0.3, 0.4) is 0 Å². The van der Waals surface area contributed by atoms with Crippen molar-refractivity contribution in [2.45, 2.75) is 32.7 Å². The van der Waals surface area contributed by atoms with Gasteiger partial charge < -0.3 is 10.2 Å². The summed E-state index contributed by atoms with van der Waals surface area (Å²) in [5.74, 6) is -1.58. The summed E-state index contributed by atoms with van der Waals surface area (Å²) in [6.07, 6.45) is 1.86. The van der Waals surface area contributed by atoms with Crippen LogP contribution < -0.4 is 10.7 Å². The van der Waals surface area contributed by atoms with E-state index < -0.39 is 11.8 Å². The second-order valence-corrected chi connectivity index (χ2v) is 6.30. The van der Waals surface area contributed by atoms with E-state index in [2.05, 4.69) is 15.8 Å². The SMILES string of the molecule is C/C(CC(=O)NCc1ccc(Cl)cc1)=N\NC(=O)C(=O)N1CCCC1. The highest BCUT2D eigenvalue weighted by Crippen LogP contribution is 2.09. The largest absolute Gasteiger partial charge is 0.352 e. The number of nitrogens with one attached hydrogen (secondary N) is 2. The Labute approximate surface area is 151 Å². The Morgan fingerprint density at radius 2 is 1.80 bits per heavy atom. The Bertz CT molecular complexity index is 667. The second kappa shape index (κ2) is 9.17. The van der Waals surface area contributed by atoms with Crippen molar-refractivity contribution in [2.24, 2.45) is 5.10 Å². The van der Waals surface area contributed by atoms with Crippen molar-refractivity contribution in [2.75, 3.05) is 13.1 Å². The summed E-state index contributed by atoms with van der Waals surface area (Å²) in [5.41, 5.74) is 3.55. The molecule has 1 saturated heterocycles. The highest BCUT2D eigenvalue weighted by Gasteiger charge is 2.24. The van der Waals surface area contributed by atoms with Crippen LogP contribution in [0, 0.1) is 0 Å². The molecule has 0 aromatic heterocycles. The number of nitrogens with zero attached hydrogens (tertiary/aromatic N) is 2. The maximum absolute atomic E-state index is 11.9. The summed E-state index contributed by atoms with van der Waals surface area (Å²) in [5, 5.41) is 7.20. The Balaban J connectivity index is 1.73. The first-order valence-corrected chi connectivity index (χ1v) is 8.47. The van der Waals surface area contributed by atoms with Gasteiger partial charge in [0.15, 0.2) is 0 Å². The third-order valence-electron chi connectivity index (χ3n) is 3.76. The van der Waals surface area contributed by atoms with E-state index in [1.807, 2.05) is 12.1 Å². The van der Waals surface area contributed by atoms with Crippen molar-refractivity contribution in [1.82, 2.24) is 15.6 Å². The Morgan fingerprint density at radius 1 is 1.16 bits per heavy atom. The molecule has 25 heavy (non-hydrogen) atoms. The average molecular weight is 365 g/mol. The molecule has 3 amide bonds. The van der Waals surface area contributed by atoms with Crippen LogP contribution in [-0.2, 0) is 20.9 Å². The monoisotopic (exact) mass is 364 g/mol. The number of amides is 3. The van der Waals surface area contributed by atoms with Crippen LogP contribution >= 0.6 is 11.6 Å². The fourth-order valence-electron chi connectivity index (χ4n) is 2.40. The van der Waals surface area contributed by atoms with E-state index in [1.54, 1.807) is 19.1 Å². The van der Waals surface area contributed by atoms with E-state index in [1.165, 1.54) is 4.90 Å². The van der Waals surface area contributed by atoms with Crippen molar-refractivity contribution >= 4 is 35.0 Å².